The van der Waals surface area contributed by atoms with E-state index in [2.05, 4.69) is 38.4 Å². The van der Waals surface area contributed by atoms with Gasteiger partial charge in [0, 0.05) is 26.2 Å². The van der Waals surface area contributed by atoms with Crippen molar-refractivity contribution >= 4 is 23.1 Å². The average molecular weight is 669 g/mol. The first-order chi connectivity index (χ1) is 23.0. The molecule has 2 saturated heterocycles. The van der Waals surface area contributed by atoms with Gasteiger partial charge in [-0.1, -0.05) is 42.5 Å². The normalized spacial score (nSPS) is 26.1. The van der Waals surface area contributed by atoms with Crippen LogP contribution in [0.3, 0.4) is 0 Å². The highest BCUT2D eigenvalue weighted by molar-refractivity contribution is 6.32. The van der Waals surface area contributed by atoms with Crippen molar-refractivity contribution in [3.8, 4) is 17.8 Å². The maximum Gasteiger partial charge on any atom is 0.323 e. The monoisotopic (exact) mass is 668 g/mol. The number of hydrogen-bond acceptors (Lipinski definition) is 11. The molecular formula is C35H45ClN4O7. The fourth-order valence-corrected chi connectivity index (χ4v) is 7.27. The first-order valence-electron chi connectivity index (χ1n) is 16.6. The number of benzene rings is 1. The molecule has 3 heterocycles. The predicted octanol–water partition coefficient (Wildman–Crippen LogP) is 4.19. The molecule has 3 fully saturated rings. The van der Waals surface area contributed by atoms with Crippen LogP contribution in [0.5, 0.6) is 17.8 Å². The fourth-order valence-electron chi connectivity index (χ4n) is 6.71. The van der Waals surface area contributed by atoms with Crippen LogP contribution in [0.25, 0.3) is 5.57 Å². The van der Waals surface area contributed by atoms with Gasteiger partial charge in [-0.3, -0.25) is 9.69 Å². The molecule has 0 bridgehead atoms. The minimum atomic E-state index is -1.02. The first kappa shape index (κ1) is 33.7. The maximum atomic E-state index is 12.6. The number of halogens is 1. The summed E-state index contributed by atoms with van der Waals surface area (Å²) in [6.45, 7) is 5.50. The summed E-state index contributed by atoms with van der Waals surface area (Å²) in [4.78, 5) is 23.1. The van der Waals surface area contributed by atoms with Crippen LogP contribution in [0.1, 0.15) is 43.2 Å². The third kappa shape index (κ3) is 7.44. The van der Waals surface area contributed by atoms with E-state index in [1.807, 2.05) is 30.4 Å². The number of carbonyl (C=O) groups is 1. The van der Waals surface area contributed by atoms with Crippen molar-refractivity contribution in [2.45, 2.75) is 55.2 Å². The smallest absolute Gasteiger partial charge is 0.323 e. The van der Waals surface area contributed by atoms with E-state index in [0.29, 0.717) is 12.2 Å². The van der Waals surface area contributed by atoms with Crippen LogP contribution in [0.2, 0.25) is 0 Å². The summed E-state index contributed by atoms with van der Waals surface area (Å²) in [5.74, 6) is 0.259. The first-order valence-corrected chi connectivity index (χ1v) is 17.0. The van der Waals surface area contributed by atoms with Gasteiger partial charge < -0.3 is 33.7 Å². The Bertz CT molecular complexity index is 1400. The molecule has 47 heavy (non-hydrogen) atoms. The molecule has 2 aliphatic carbocycles. The molecule has 254 valence electrons. The van der Waals surface area contributed by atoms with Crippen molar-refractivity contribution in [3.63, 3.8) is 0 Å². The number of ether oxygens (including phenoxy) is 6. The molecule has 2 aromatic rings. The second-order valence-corrected chi connectivity index (χ2v) is 13.0. The van der Waals surface area contributed by atoms with Crippen molar-refractivity contribution in [2.24, 2.45) is 5.92 Å². The van der Waals surface area contributed by atoms with Crippen molar-refractivity contribution in [3.05, 3.63) is 59.7 Å². The molecule has 0 amide bonds. The van der Waals surface area contributed by atoms with Gasteiger partial charge in [0.1, 0.15) is 35.3 Å². The zero-order valence-corrected chi connectivity index (χ0v) is 28.0. The van der Waals surface area contributed by atoms with E-state index in [1.165, 1.54) is 14.2 Å². The molecular weight excluding hydrogens is 624 g/mol. The Morgan fingerprint density at radius 3 is 2.49 bits per heavy atom. The Balaban J connectivity index is 1.24. The lowest BCUT2D eigenvalue weighted by molar-refractivity contribution is -0.147. The topological polar surface area (TPSA) is 114 Å². The molecule has 11 nitrogen and oxygen atoms in total. The molecule has 4 aliphatic rings. The minimum Gasteiger partial charge on any atom is -0.480 e. The van der Waals surface area contributed by atoms with E-state index in [1.54, 1.807) is 0 Å². The van der Waals surface area contributed by atoms with Crippen molar-refractivity contribution in [1.82, 2.24) is 20.2 Å². The summed E-state index contributed by atoms with van der Waals surface area (Å²) in [5.41, 5.74) is 1.45. The fraction of sp³-hybridized carbons (Fsp3) is 0.571. The van der Waals surface area contributed by atoms with Crippen molar-refractivity contribution < 1.29 is 33.2 Å². The van der Waals surface area contributed by atoms with Crippen LogP contribution in [-0.2, 0) is 25.6 Å². The zero-order chi connectivity index (χ0) is 32.7. The number of esters is 1. The summed E-state index contributed by atoms with van der Waals surface area (Å²) in [6, 6.07) is 9.94. The van der Waals surface area contributed by atoms with Gasteiger partial charge in [-0.25, -0.2) is 0 Å². The highest BCUT2D eigenvalue weighted by Crippen LogP contribution is 2.59. The molecule has 6 rings (SSSR count). The standard InChI is InChI=1S/C35H45ClN4O7/c1-42-30-27(23-45-32(41)29-12-7-16-37-29)31(43-2)39-33(38-30)46-24-34(47-20-8-17-40-18-21-44-22-19-40)15-6-11-28(25-9-4-3-5-10-25)35(34,36)26-13-14-26/h3-6,9-11,15,26,29,37H,7-8,12-14,16-24H2,1-2H3/t29-,34?,35?/m0/s1. The second-order valence-electron chi connectivity index (χ2n) is 12.4. The van der Waals surface area contributed by atoms with Crippen LogP contribution in [-0.4, -0.2) is 104 Å². The molecule has 1 aromatic heterocycles. The van der Waals surface area contributed by atoms with Gasteiger partial charge in [-0.05, 0) is 61.8 Å². The minimum absolute atomic E-state index is 0.0431. The molecule has 0 radical (unpaired) electrons. The van der Waals surface area contributed by atoms with E-state index in [9.17, 15) is 4.79 Å². The highest BCUT2D eigenvalue weighted by atomic mass is 35.5. The number of morpholine rings is 1. The molecule has 2 unspecified atom stereocenters. The van der Waals surface area contributed by atoms with Gasteiger partial charge in [0.05, 0.1) is 27.4 Å². The average Bonchev–Trinajstić information content (AvgIpc) is 3.83. The van der Waals surface area contributed by atoms with Crippen LogP contribution in [0, 0.1) is 5.92 Å². The van der Waals surface area contributed by atoms with Gasteiger partial charge in [0.2, 0.25) is 11.8 Å². The van der Waals surface area contributed by atoms with Gasteiger partial charge >= 0.3 is 12.0 Å². The summed E-state index contributed by atoms with van der Waals surface area (Å²) in [6.07, 6.45) is 10.6. The number of aromatic nitrogens is 2. The number of hydrogen-bond donors (Lipinski definition) is 1. The number of carbonyl (C=O) groups excluding carboxylic acids is 1. The quantitative estimate of drug-likeness (QED) is 0.168. The van der Waals surface area contributed by atoms with Gasteiger partial charge in [0.15, 0.2) is 0 Å². The highest BCUT2D eigenvalue weighted by Gasteiger charge is 2.61. The predicted molar refractivity (Wildman–Crippen MR) is 177 cm³/mol. The molecule has 1 aromatic carbocycles. The maximum absolute atomic E-state index is 12.6. The van der Waals surface area contributed by atoms with Gasteiger partial charge in [-0.15, -0.1) is 11.6 Å². The number of methoxy groups -OCH3 is 2. The summed E-state index contributed by atoms with van der Waals surface area (Å²) in [5, 5.41) is 3.15. The molecule has 0 spiro atoms. The summed E-state index contributed by atoms with van der Waals surface area (Å²) < 4.78 is 35.5. The van der Waals surface area contributed by atoms with Crippen LogP contribution >= 0.6 is 11.6 Å². The molecule has 1 N–H and O–H groups in total. The van der Waals surface area contributed by atoms with Gasteiger partial charge in [0.25, 0.3) is 0 Å². The molecule has 1 saturated carbocycles. The van der Waals surface area contributed by atoms with Crippen LogP contribution in [0.15, 0.2) is 48.6 Å². The Morgan fingerprint density at radius 1 is 1.09 bits per heavy atom. The van der Waals surface area contributed by atoms with E-state index in [0.717, 1.165) is 82.6 Å². The Kier molecular flexibility index (Phi) is 11.0. The third-order valence-electron chi connectivity index (χ3n) is 9.36. The van der Waals surface area contributed by atoms with Crippen molar-refractivity contribution in [1.29, 1.82) is 0 Å². The lowest BCUT2D eigenvalue weighted by Gasteiger charge is -2.48. The Morgan fingerprint density at radius 2 is 1.83 bits per heavy atom. The molecule has 3 atom stereocenters. The largest absolute Gasteiger partial charge is 0.480 e. The van der Waals surface area contributed by atoms with Crippen LogP contribution < -0.4 is 19.5 Å². The lowest BCUT2D eigenvalue weighted by atomic mass is 9.72. The second kappa shape index (κ2) is 15.3. The van der Waals surface area contributed by atoms with E-state index < -0.39 is 10.5 Å². The number of nitrogens with zero attached hydrogens (tertiary/aromatic N) is 3. The third-order valence-corrected chi connectivity index (χ3v) is 10.2. The number of allylic oxidation sites excluding steroid dienone is 2. The lowest BCUT2D eigenvalue weighted by Crippen LogP contribution is -2.58. The van der Waals surface area contributed by atoms with E-state index in [-0.39, 0.29) is 48.9 Å². The van der Waals surface area contributed by atoms with E-state index >= 15 is 0 Å². The Hall–Kier alpha value is -3.22. The number of rotatable bonds is 15. The van der Waals surface area contributed by atoms with Crippen LogP contribution in [0.4, 0.5) is 0 Å². The summed E-state index contributed by atoms with van der Waals surface area (Å²) in [7, 11) is 2.98. The van der Waals surface area contributed by atoms with E-state index in [4.69, 9.17) is 40.0 Å². The SMILES string of the molecule is COc1nc(OCC2(OCCCN3CCOCC3)C=CC=C(c3ccccc3)C2(Cl)C2CC2)nc(OC)c1COC(=O)[C@@H]1CCCN1. The molecule has 2 aliphatic heterocycles. The number of nitrogens with one attached hydrogen (secondary N) is 1. The van der Waals surface area contributed by atoms with Gasteiger partial charge in [-0.2, -0.15) is 9.97 Å². The Labute approximate surface area is 281 Å². The zero-order valence-electron chi connectivity index (χ0n) is 27.3. The van der Waals surface area contributed by atoms with Crippen molar-refractivity contribution in [2.75, 3.05) is 66.8 Å². The summed E-state index contributed by atoms with van der Waals surface area (Å²) >= 11 is 7.86. The number of alkyl halides is 1. The molecule has 12 heteroatoms.